The Labute approximate surface area is 96.8 Å². The third-order valence-electron chi connectivity index (χ3n) is 2.30. The Morgan fingerprint density at radius 2 is 2.19 bits per heavy atom. The molecular formula is C10H19N3O2S. The Balaban J connectivity index is 2.21. The minimum absolute atomic E-state index is 0.192. The number of imidazole rings is 1. The SMILES string of the molecule is CCc1nccn1CCNCCS(C)(=O)=O. The Hall–Kier alpha value is -0.880. The predicted molar refractivity (Wildman–Crippen MR) is 64.2 cm³/mol. The number of aryl methyl sites for hydroxylation is 1. The van der Waals surface area contributed by atoms with Crippen LogP contribution in [-0.4, -0.2) is 43.1 Å². The highest BCUT2D eigenvalue weighted by Gasteiger charge is 2.01. The van der Waals surface area contributed by atoms with Gasteiger partial charge in [0.25, 0.3) is 0 Å². The Morgan fingerprint density at radius 3 is 2.81 bits per heavy atom. The summed E-state index contributed by atoms with van der Waals surface area (Å²) in [5, 5.41) is 3.10. The van der Waals surface area contributed by atoms with Crippen LogP contribution < -0.4 is 5.32 Å². The monoisotopic (exact) mass is 245 g/mol. The molecule has 0 saturated heterocycles. The van der Waals surface area contributed by atoms with Crippen molar-refractivity contribution in [2.24, 2.45) is 0 Å². The smallest absolute Gasteiger partial charge is 0.148 e. The fraction of sp³-hybridized carbons (Fsp3) is 0.700. The largest absolute Gasteiger partial charge is 0.334 e. The molecule has 0 bridgehead atoms. The van der Waals surface area contributed by atoms with Crippen molar-refractivity contribution >= 4 is 9.84 Å². The van der Waals surface area contributed by atoms with Crippen molar-refractivity contribution in [3.05, 3.63) is 18.2 Å². The summed E-state index contributed by atoms with van der Waals surface area (Å²) in [4.78, 5) is 4.21. The highest BCUT2D eigenvalue weighted by molar-refractivity contribution is 7.90. The van der Waals surface area contributed by atoms with Crippen molar-refractivity contribution in [2.75, 3.05) is 25.1 Å². The van der Waals surface area contributed by atoms with Gasteiger partial charge in [0.2, 0.25) is 0 Å². The van der Waals surface area contributed by atoms with Crippen LogP contribution in [0.15, 0.2) is 12.4 Å². The van der Waals surface area contributed by atoms with E-state index in [4.69, 9.17) is 0 Å². The van der Waals surface area contributed by atoms with E-state index in [1.54, 1.807) is 6.20 Å². The van der Waals surface area contributed by atoms with E-state index >= 15 is 0 Å². The molecular weight excluding hydrogens is 226 g/mol. The Morgan fingerprint density at radius 1 is 1.44 bits per heavy atom. The van der Waals surface area contributed by atoms with Crippen molar-refractivity contribution < 1.29 is 8.42 Å². The van der Waals surface area contributed by atoms with Gasteiger partial charge >= 0.3 is 0 Å². The maximum atomic E-state index is 10.9. The predicted octanol–water partition coefficient (Wildman–Crippen LogP) is 0.0797. The summed E-state index contributed by atoms with van der Waals surface area (Å²) in [6.07, 6.45) is 5.89. The molecule has 0 aliphatic heterocycles. The van der Waals surface area contributed by atoms with Gasteiger partial charge in [0, 0.05) is 44.7 Å². The molecule has 1 aromatic heterocycles. The van der Waals surface area contributed by atoms with Gasteiger partial charge in [0.15, 0.2) is 0 Å². The van der Waals surface area contributed by atoms with Crippen LogP contribution in [0, 0.1) is 0 Å². The summed E-state index contributed by atoms with van der Waals surface area (Å²) in [6, 6.07) is 0. The fourth-order valence-electron chi connectivity index (χ4n) is 1.44. The quantitative estimate of drug-likeness (QED) is 0.691. The van der Waals surface area contributed by atoms with E-state index in [0.717, 1.165) is 25.3 Å². The van der Waals surface area contributed by atoms with E-state index in [-0.39, 0.29) is 5.75 Å². The Bertz CT molecular complexity index is 411. The number of hydrogen-bond donors (Lipinski definition) is 1. The normalized spacial score (nSPS) is 11.9. The van der Waals surface area contributed by atoms with Crippen molar-refractivity contribution in [1.82, 2.24) is 14.9 Å². The van der Waals surface area contributed by atoms with E-state index in [0.29, 0.717) is 6.54 Å². The van der Waals surface area contributed by atoms with Crippen LogP contribution in [0.2, 0.25) is 0 Å². The van der Waals surface area contributed by atoms with Gasteiger partial charge in [-0.2, -0.15) is 0 Å². The number of aromatic nitrogens is 2. The van der Waals surface area contributed by atoms with E-state index in [1.165, 1.54) is 6.26 Å². The summed E-state index contributed by atoms with van der Waals surface area (Å²) < 4.78 is 23.8. The van der Waals surface area contributed by atoms with Crippen molar-refractivity contribution in [3.8, 4) is 0 Å². The molecule has 0 unspecified atom stereocenters. The van der Waals surface area contributed by atoms with E-state index < -0.39 is 9.84 Å². The van der Waals surface area contributed by atoms with Crippen molar-refractivity contribution in [2.45, 2.75) is 19.9 Å². The minimum atomic E-state index is -2.85. The topological polar surface area (TPSA) is 64.0 Å². The third-order valence-corrected chi connectivity index (χ3v) is 3.24. The first-order valence-corrected chi connectivity index (χ1v) is 7.47. The molecule has 0 fully saturated rings. The zero-order valence-corrected chi connectivity index (χ0v) is 10.6. The van der Waals surface area contributed by atoms with Crippen LogP contribution in [0.3, 0.4) is 0 Å². The molecule has 1 N–H and O–H groups in total. The van der Waals surface area contributed by atoms with Gasteiger partial charge in [-0.05, 0) is 0 Å². The molecule has 0 amide bonds. The van der Waals surface area contributed by atoms with Crippen LogP contribution in [0.1, 0.15) is 12.7 Å². The van der Waals surface area contributed by atoms with Crippen LogP contribution >= 0.6 is 0 Å². The fourth-order valence-corrected chi connectivity index (χ4v) is 1.96. The van der Waals surface area contributed by atoms with E-state index in [2.05, 4.69) is 21.8 Å². The number of hydrogen-bond acceptors (Lipinski definition) is 4. The first kappa shape index (κ1) is 13.2. The lowest BCUT2D eigenvalue weighted by atomic mass is 10.4. The van der Waals surface area contributed by atoms with Crippen LogP contribution in [0.25, 0.3) is 0 Å². The molecule has 0 atom stereocenters. The average molecular weight is 245 g/mol. The maximum Gasteiger partial charge on any atom is 0.148 e. The maximum absolute atomic E-state index is 10.9. The number of sulfone groups is 1. The van der Waals surface area contributed by atoms with Gasteiger partial charge in [0.05, 0.1) is 5.75 Å². The first-order chi connectivity index (χ1) is 7.53. The lowest BCUT2D eigenvalue weighted by molar-refractivity contribution is 0.579. The van der Waals surface area contributed by atoms with E-state index in [1.807, 2.05) is 6.20 Å². The zero-order valence-electron chi connectivity index (χ0n) is 9.81. The molecule has 0 aromatic carbocycles. The molecule has 1 heterocycles. The summed E-state index contributed by atoms with van der Waals surface area (Å²) in [6.45, 7) is 4.16. The second-order valence-electron chi connectivity index (χ2n) is 3.77. The summed E-state index contributed by atoms with van der Waals surface area (Å²) in [7, 11) is -2.85. The lowest BCUT2D eigenvalue weighted by Gasteiger charge is -2.07. The molecule has 0 spiro atoms. The number of rotatable bonds is 7. The zero-order chi connectivity index (χ0) is 12.0. The van der Waals surface area contributed by atoms with Crippen LogP contribution in [0.4, 0.5) is 0 Å². The first-order valence-electron chi connectivity index (χ1n) is 5.41. The molecule has 0 aliphatic rings. The molecule has 6 heteroatoms. The molecule has 0 aliphatic carbocycles. The van der Waals surface area contributed by atoms with Gasteiger partial charge in [-0.25, -0.2) is 13.4 Å². The second-order valence-corrected chi connectivity index (χ2v) is 6.03. The second kappa shape index (κ2) is 6.00. The van der Waals surface area contributed by atoms with Gasteiger partial charge in [0.1, 0.15) is 15.7 Å². The molecule has 1 aromatic rings. The van der Waals surface area contributed by atoms with Crippen LogP contribution in [-0.2, 0) is 22.8 Å². The molecule has 92 valence electrons. The van der Waals surface area contributed by atoms with Gasteiger partial charge in [-0.1, -0.05) is 6.92 Å². The minimum Gasteiger partial charge on any atom is -0.334 e. The van der Waals surface area contributed by atoms with Crippen molar-refractivity contribution in [1.29, 1.82) is 0 Å². The summed E-state index contributed by atoms with van der Waals surface area (Å²) in [5.74, 6) is 1.25. The molecule has 1 rings (SSSR count). The number of nitrogens with zero attached hydrogens (tertiary/aromatic N) is 2. The van der Waals surface area contributed by atoms with Gasteiger partial charge < -0.3 is 9.88 Å². The van der Waals surface area contributed by atoms with Gasteiger partial charge in [-0.3, -0.25) is 0 Å². The molecule has 5 nitrogen and oxygen atoms in total. The third kappa shape index (κ3) is 4.76. The Kier molecular flexibility index (Phi) is 4.95. The standard InChI is InChI=1S/C10H19N3O2S/c1-3-10-12-5-8-13(10)7-4-11-6-9-16(2,14)15/h5,8,11H,3-4,6-7,9H2,1-2H3. The van der Waals surface area contributed by atoms with E-state index in [9.17, 15) is 8.42 Å². The van der Waals surface area contributed by atoms with Crippen molar-refractivity contribution in [3.63, 3.8) is 0 Å². The summed E-state index contributed by atoms with van der Waals surface area (Å²) >= 11 is 0. The molecule has 0 saturated carbocycles. The molecule has 0 radical (unpaired) electrons. The van der Waals surface area contributed by atoms with Gasteiger partial charge in [-0.15, -0.1) is 0 Å². The number of nitrogens with one attached hydrogen (secondary N) is 1. The average Bonchev–Trinajstić information content (AvgIpc) is 2.63. The highest BCUT2D eigenvalue weighted by atomic mass is 32.2. The highest BCUT2D eigenvalue weighted by Crippen LogP contribution is 1.97. The molecule has 16 heavy (non-hydrogen) atoms. The summed E-state index contributed by atoms with van der Waals surface area (Å²) in [5.41, 5.74) is 0. The lowest BCUT2D eigenvalue weighted by Crippen LogP contribution is -2.26. The van der Waals surface area contributed by atoms with Crippen LogP contribution in [0.5, 0.6) is 0 Å².